The van der Waals surface area contributed by atoms with Gasteiger partial charge < -0.3 is 15.8 Å². The lowest BCUT2D eigenvalue weighted by Gasteiger charge is -2.43. The highest BCUT2D eigenvalue weighted by Crippen LogP contribution is 2.51. The molecule has 2 aromatic rings. The molecule has 0 unspecified atom stereocenters. The summed E-state index contributed by atoms with van der Waals surface area (Å²) in [5.41, 5.74) is 3.37. The average Bonchev–Trinajstić information content (AvgIpc) is 2.74. The number of nitrogens with two attached hydrogens (primary N) is 1. The van der Waals surface area contributed by atoms with Crippen molar-refractivity contribution in [2.75, 3.05) is 17.7 Å². The van der Waals surface area contributed by atoms with Crippen LogP contribution in [0.3, 0.4) is 0 Å². The second-order valence-electron chi connectivity index (χ2n) is 7.08. The third kappa shape index (κ3) is 3.36. The Hall–Kier alpha value is -3.59. The standard InChI is InChI=1S/C19H15F2N5O4S/c20-19(21)10-30-17(23)26-18(19)5-6-31(28,29)15-4-2-12(7-13(15)18)25-16(27)14-3-1-11(8-22)9-24-14/h1-4,7,9H,5-6,10H2,(H2,23,26)(H,25,27)/t18-/m1/s1. The molecule has 160 valence electrons. The minimum atomic E-state index is -3.83. The number of pyridine rings is 1. The van der Waals surface area contributed by atoms with Crippen LogP contribution in [0.15, 0.2) is 46.4 Å². The highest BCUT2D eigenvalue weighted by molar-refractivity contribution is 7.91. The van der Waals surface area contributed by atoms with Crippen LogP contribution >= 0.6 is 0 Å². The molecule has 0 aliphatic carbocycles. The number of anilines is 1. The lowest BCUT2D eigenvalue weighted by atomic mass is 9.80. The summed E-state index contributed by atoms with van der Waals surface area (Å²) in [5.74, 6) is -4.73. The van der Waals surface area contributed by atoms with E-state index in [2.05, 4.69) is 20.0 Å². The Labute approximate surface area is 175 Å². The van der Waals surface area contributed by atoms with E-state index in [1.165, 1.54) is 24.4 Å². The summed E-state index contributed by atoms with van der Waals surface area (Å²) >= 11 is 0. The van der Waals surface area contributed by atoms with Crippen LogP contribution in [0.1, 0.15) is 28.0 Å². The van der Waals surface area contributed by atoms with E-state index < -0.39 is 52.0 Å². The second-order valence-corrected chi connectivity index (χ2v) is 9.16. The predicted molar refractivity (Wildman–Crippen MR) is 104 cm³/mol. The molecule has 12 heteroatoms. The molecule has 9 nitrogen and oxygen atoms in total. The number of carbonyl (C=O) groups excluding carboxylic acids is 1. The number of halogens is 2. The van der Waals surface area contributed by atoms with Gasteiger partial charge in [0.1, 0.15) is 11.8 Å². The number of carbonyl (C=O) groups is 1. The van der Waals surface area contributed by atoms with Crippen LogP contribution in [0.5, 0.6) is 0 Å². The molecule has 1 atom stereocenters. The van der Waals surface area contributed by atoms with Gasteiger partial charge in [-0.1, -0.05) is 0 Å². The van der Waals surface area contributed by atoms with E-state index >= 15 is 0 Å². The fourth-order valence-corrected chi connectivity index (χ4v) is 5.22. The summed E-state index contributed by atoms with van der Waals surface area (Å²) in [7, 11) is -3.83. The zero-order valence-corrected chi connectivity index (χ0v) is 16.6. The summed E-state index contributed by atoms with van der Waals surface area (Å²) in [6.07, 6.45) is 0.720. The van der Waals surface area contributed by atoms with Crippen molar-refractivity contribution >= 4 is 27.5 Å². The number of nitriles is 1. The molecule has 0 bridgehead atoms. The highest BCUT2D eigenvalue weighted by atomic mass is 32.2. The fraction of sp³-hybridized carbons (Fsp3) is 0.263. The van der Waals surface area contributed by atoms with E-state index in [-0.39, 0.29) is 27.4 Å². The number of nitrogens with one attached hydrogen (secondary N) is 1. The number of sulfone groups is 1. The van der Waals surface area contributed by atoms with Crippen molar-refractivity contribution in [2.24, 2.45) is 10.7 Å². The minimum absolute atomic E-state index is 0.0160. The molecule has 31 heavy (non-hydrogen) atoms. The maximum absolute atomic E-state index is 15.0. The number of amides is 1. The van der Waals surface area contributed by atoms with Gasteiger partial charge in [-0.3, -0.25) is 4.79 Å². The van der Waals surface area contributed by atoms with E-state index in [1.807, 2.05) is 6.07 Å². The van der Waals surface area contributed by atoms with E-state index in [4.69, 9.17) is 11.0 Å². The maximum atomic E-state index is 15.0. The molecule has 3 N–H and O–H groups in total. The molecule has 0 saturated carbocycles. The lowest BCUT2D eigenvalue weighted by Crippen LogP contribution is -2.55. The normalized spacial score (nSPS) is 23.1. The van der Waals surface area contributed by atoms with Gasteiger partial charge in [-0.2, -0.15) is 14.0 Å². The van der Waals surface area contributed by atoms with Crippen LogP contribution in [0.4, 0.5) is 14.5 Å². The molecule has 1 spiro atoms. The van der Waals surface area contributed by atoms with Crippen molar-refractivity contribution in [1.29, 1.82) is 5.26 Å². The predicted octanol–water partition coefficient (Wildman–Crippen LogP) is 1.56. The van der Waals surface area contributed by atoms with Gasteiger partial charge in [0, 0.05) is 17.4 Å². The van der Waals surface area contributed by atoms with Gasteiger partial charge in [0.15, 0.2) is 22.0 Å². The molecule has 2 aliphatic heterocycles. The number of aromatic nitrogens is 1. The van der Waals surface area contributed by atoms with Crippen molar-refractivity contribution in [1.82, 2.24) is 4.98 Å². The number of ether oxygens (including phenoxy) is 1. The number of alkyl halides is 2. The van der Waals surface area contributed by atoms with Crippen LogP contribution in [0, 0.1) is 11.3 Å². The SMILES string of the molecule is N#Cc1ccc(C(=O)Nc2ccc3c(c2)[C@@]2(CCS3(=O)=O)N=C(N)OCC2(F)F)nc1. The van der Waals surface area contributed by atoms with Crippen LogP contribution in [-0.2, 0) is 20.1 Å². The van der Waals surface area contributed by atoms with E-state index in [0.717, 1.165) is 12.1 Å². The van der Waals surface area contributed by atoms with Gasteiger partial charge in [0.05, 0.1) is 16.2 Å². The van der Waals surface area contributed by atoms with Crippen LogP contribution in [0.25, 0.3) is 0 Å². The van der Waals surface area contributed by atoms with E-state index in [1.54, 1.807) is 0 Å². The van der Waals surface area contributed by atoms with Crippen molar-refractivity contribution in [2.45, 2.75) is 22.8 Å². The molecule has 1 aromatic carbocycles. The minimum Gasteiger partial charge on any atom is -0.459 e. The number of rotatable bonds is 2. The van der Waals surface area contributed by atoms with Gasteiger partial charge in [-0.25, -0.2) is 18.4 Å². The molecule has 2 aliphatic rings. The van der Waals surface area contributed by atoms with Crippen molar-refractivity contribution < 1.29 is 26.7 Å². The third-order valence-electron chi connectivity index (χ3n) is 5.18. The largest absolute Gasteiger partial charge is 0.459 e. The van der Waals surface area contributed by atoms with Crippen molar-refractivity contribution in [3.63, 3.8) is 0 Å². The van der Waals surface area contributed by atoms with Gasteiger partial charge in [-0.05, 0) is 36.8 Å². The number of hydrogen-bond donors (Lipinski definition) is 2. The Morgan fingerprint density at radius 2 is 2.06 bits per heavy atom. The molecule has 0 saturated heterocycles. The van der Waals surface area contributed by atoms with Crippen molar-refractivity contribution in [3.05, 3.63) is 53.3 Å². The number of amidine groups is 1. The molecule has 1 amide bonds. The number of benzene rings is 1. The highest BCUT2D eigenvalue weighted by Gasteiger charge is 2.61. The molecule has 4 rings (SSSR count). The number of nitrogens with zero attached hydrogens (tertiary/aromatic N) is 3. The summed E-state index contributed by atoms with van der Waals surface area (Å²) in [6.45, 7) is -1.05. The Bertz CT molecular complexity index is 1260. The smallest absolute Gasteiger partial charge is 0.310 e. The average molecular weight is 447 g/mol. The van der Waals surface area contributed by atoms with Crippen molar-refractivity contribution in [3.8, 4) is 6.07 Å². The number of fused-ring (bicyclic) bond motifs is 2. The Kier molecular flexibility index (Phi) is 4.66. The van der Waals surface area contributed by atoms with Crippen LogP contribution < -0.4 is 11.1 Å². The maximum Gasteiger partial charge on any atom is 0.310 e. The number of hydrogen-bond acceptors (Lipinski definition) is 8. The Morgan fingerprint density at radius 3 is 2.74 bits per heavy atom. The van der Waals surface area contributed by atoms with Gasteiger partial charge in [-0.15, -0.1) is 0 Å². The summed E-state index contributed by atoms with van der Waals surface area (Å²) < 4.78 is 59.7. The fourth-order valence-electron chi connectivity index (χ4n) is 3.60. The third-order valence-corrected chi connectivity index (χ3v) is 6.95. The first-order valence-corrected chi connectivity index (χ1v) is 10.6. The van der Waals surface area contributed by atoms with Crippen LogP contribution in [0.2, 0.25) is 0 Å². The molecule has 1 aromatic heterocycles. The van der Waals surface area contributed by atoms with Gasteiger partial charge in [0.25, 0.3) is 11.9 Å². The molecule has 0 fully saturated rings. The quantitative estimate of drug-likeness (QED) is 0.710. The summed E-state index contributed by atoms with van der Waals surface area (Å²) in [4.78, 5) is 19.9. The zero-order chi connectivity index (χ0) is 22.4. The number of aliphatic imine (C=N–C) groups is 1. The first-order valence-electron chi connectivity index (χ1n) is 8.99. The monoisotopic (exact) mass is 447 g/mol. The zero-order valence-electron chi connectivity index (χ0n) is 15.8. The van der Waals surface area contributed by atoms with Crippen LogP contribution in [-0.4, -0.2) is 43.6 Å². The molecule has 0 radical (unpaired) electrons. The second kappa shape index (κ2) is 6.98. The van der Waals surface area contributed by atoms with Gasteiger partial charge >= 0.3 is 5.92 Å². The summed E-state index contributed by atoms with van der Waals surface area (Å²) in [5, 5.41) is 11.3. The first-order chi connectivity index (χ1) is 14.6. The lowest BCUT2D eigenvalue weighted by molar-refractivity contribution is -0.125. The molecular weight excluding hydrogens is 432 g/mol. The van der Waals surface area contributed by atoms with E-state index in [9.17, 15) is 22.0 Å². The first kappa shape index (κ1) is 20.7. The Balaban J connectivity index is 1.78. The molecule has 3 heterocycles. The molecular formula is C19H15F2N5O4S. The van der Waals surface area contributed by atoms with E-state index in [0.29, 0.717) is 0 Å². The Morgan fingerprint density at radius 1 is 1.29 bits per heavy atom. The topological polar surface area (TPSA) is 148 Å². The summed E-state index contributed by atoms with van der Waals surface area (Å²) in [6, 6.07) is 7.74. The van der Waals surface area contributed by atoms with Gasteiger partial charge in [0.2, 0.25) is 0 Å².